The van der Waals surface area contributed by atoms with E-state index in [1.807, 2.05) is 0 Å². The van der Waals surface area contributed by atoms with Gasteiger partial charge in [-0.25, -0.2) is 9.37 Å². The minimum Gasteiger partial charge on any atom is -0.481 e. The Morgan fingerprint density at radius 2 is 2.08 bits per heavy atom. The number of aromatic nitrogens is 2. The molecule has 1 aromatic carbocycles. The standard InChI is InChI=1S/C19H23FN4O2/c20-16-5-1-2-6-17(16)26-13-19(25)24-8-3-4-14(7-9-24)10-15-11-23-18(21)12-22-15/h1-2,5-6,11-12,14H,3-4,7-10,13H2,(H2,21,23)/t14-/m1/s1. The fourth-order valence-electron chi connectivity index (χ4n) is 3.18. The number of carbonyl (C=O) groups excluding carboxylic acids is 1. The molecule has 0 radical (unpaired) electrons. The van der Waals surface area contributed by atoms with Crippen LogP contribution in [0.15, 0.2) is 36.7 Å². The SMILES string of the molecule is Nc1cnc(C[C@@H]2CCCN(C(=O)COc3ccccc3F)CC2)cn1. The van der Waals surface area contributed by atoms with Gasteiger partial charge in [-0.2, -0.15) is 0 Å². The van der Waals surface area contributed by atoms with Crippen molar-refractivity contribution < 1.29 is 13.9 Å². The van der Waals surface area contributed by atoms with Crippen molar-refractivity contribution in [3.8, 4) is 5.75 Å². The van der Waals surface area contributed by atoms with Gasteiger partial charge in [-0.15, -0.1) is 0 Å². The Bertz CT molecular complexity index is 739. The van der Waals surface area contributed by atoms with Gasteiger partial charge in [0.05, 0.1) is 18.1 Å². The molecular weight excluding hydrogens is 335 g/mol. The number of para-hydroxylation sites is 1. The van der Waals surface area contributed by atoms with Crippen LogP contribution in [0.5, 0.6) is 5.75 Å². The van der Waals surface area contributed by atoms with Crippen molar-refractivity contribution in [3.05, 3.63) is 48.2 Å². The highest BCUT2D eigenvalue weighted by atomic mass is 19.1. The maximum absolute atomic E-state index is 13.6. The van der Waals surface area contributed by atoms with Crippen molar-refractivity contribution in [2.24, 2.45) is 5.92 Å². The molecule has 3 rings (SSSR count). The first-order chi connectivity index (χ1) is 12.6. The molecule has 6 nitrogen and oxygen atoms in total. The first-order valence-electron chi connectivity index (χ1n) is 8.83. The molecule has 1 atom stereocenters. The van der Waals surface area contributed by atoms with E-state index in [0.717, 1.165) is 31.4 Å². The lowest BCUT2D eigenvalue weighted by molar-refractivity contribution is -0.133. The Morgan fingerprint density at radius 1 is 1.23 bits per heavy atom. The second kappa shape index (κ2) is 8.60. The van der Waals surface area contributed by atoms with Crippen LogP contribution in [0.25, 0.3) is 0 Å². The van der Waals surface area contributed by atoms with Crippen LogP contribution in [0.4, 0.5) is 10.2 Å². The number of carbonyl (C=O) groups is 1. The number of nitrogens with two attached hydrogens (primary N) is 1. The van der Waals surface area contributed by atoms with Crippen LogP contribution in [0.3, 0.4) is 0 Å². The van der Waals surface area contributed by atoms with Crippen LogP contribution in [0.2, 0.25) is 0 Å². The molecule has 2 aromatic rings. The number of halogens is 1. The van der Waals surface area contributed by atoms with Crippen LogP contribution >= 0.6 is 0 Å². The summed E-state index contributed by atoms with van der Waals surface area (Å²) in [6.45, 7) is 1.23. The molecule has 1 aliphatic heterocycles. The number of ether oxygens (including phenoxy) is 1. The zero-order chi connectivity index (χ0) is 18.4. The van der Waals surface area contributed by atoms with E-state index in [-0.39, 0.29) is 18.3 Å². The molecule has 0 saturated carbocycles. The zero-order valence-corrected chi connectivity index (χ0v) is 14.6. The summed E-state index contributed by atoms with van der Waals surface area (Å²) in [5, 5.41) is 0. The molecule has 1 aromatic heterocycles. The fourth-order valence-corrected chi connectivity index (χ4v) is 3.18. The lowest BCUT2D eigenvalue weighted by Gasteiger charge is -2.21. The lowest BCUT2D eigenvalue weighted by Crippen LogP contribution is -2.35. The van der Waals surface area contributed by atoms with E-state index in [2.05, 4.69) is 9.97 Å². The average Bonchev–Trinajstić information content (AvgIpc) is 2.88. The number of amides is 1. The Balaban J connectivity index is 1.49. The second-order valence-electron chi connectivity index (χ2n) is 6.53. The third-order valence-electron chi connectivity index (χ3n) is 4.61. The predicted molar refractivity (Wildman–Crippen MR) is 96.0 cm³/mol. The number of benzene rings is 1. The van der Waals surface area contributed by atoms with E-state index in [1.165, 1.54) is 12.1 Å². The van der Waals surface area contributed by atoms with Crippen LogP contribution in [-0.2, 0) is 11.2 Å². The summed E-state index contributed by atoms with van der Waals surface area (Å²) in [5.74, 6) is 0.414. The summed E-state index contributed by atoms with van der Waals surface area (Å²) in [4.78, 5) is 22.6. The molecular formula is C19H23FN4O2. The van der Waals surface area contributed by atoms with Crippen LogP contribution < -0.4 is 10.5 Å². The molecule has 7 heteroatoms. The van der Waals surface area contributed by atoms with E-state index < -0.39 is 5.82 Å². The number of likely N-dealkylation sites (tertiary alicyclic amines) is 1. The third-order valence-corrected chi connectivity index (χ3v) is 4.61. The molecule has 26 heavy (non-hydrogen) atoms. The van der Waals surface area contributed by atoms with E-state index in [9.17, 15) is 9.18 Å². The molecule has 2 heterocycles. The van der Waals surface area contributed by atoms with Crippen LogP contribution in [-0.4, -0.2) is 40.5 Å². The average molecular weight is 358 g/mol. The molecule has 1 aliphatic rings. The third kappa shape index (κ3) is 4.91. The Kier molecular flexibility index (Phi) is 5.99. The molecule has 0 bridgehead atoms. The topological polar surface area (TPSA) is 81.3 Å². The van der Waals surface area contributed by atoms with Gasteiger partial charge < -0.3 is 15.4 Å². The quantitative estimate of drug-likeness (QED) is 0.888. The first-order valence-corrected chi connectivity index (χ1v) is 8.83. The largest absolute Gasteiger partial charge is 0.481 e. The van der Waals surface area contributed by atoms with Crippen molar-refractivity contribution in [3.63, 3.8) is 0 Å². The monoisotopic (exact) mass is 358 g/mol. The molecule has 0 unspecified atom stereocenters. The van der Waals surface area contributed by atoms with Gasteiger partial charge in [0.25, 0.3) is 5.91 Å². The number of hydrogen-bond donors (Lipinski definition) is 1. The maximum Gasteiger partial charge on any atom is 0.260 e. The minimum absolute atomic E-state index is 0.107. The molecule has 138 valence electrons. The molecule has 0 aliphatic carbocycles. The molecule has 2 N–H and O–H groups in total. The normalized spacial score (nSPS) is 17.6. The van der Waals surface area contributed by atoms with Gasteiger partial charge in [0.2, 0.25) is 0 Å². The van der Waals surface area contributed by atoms with Gasteiger partial charge in [-0.3, -0.25) is 9.78 Å². The van der Waals surface area contributed by atoms with Crippen molar-refractivity contribution in [1.82, 2.24) is 14.9 Å². The first kappa shape index (κ1) is 18.1. The number of hydrogen-bond acceptors (Lipinski definition) is 5. The van der Waals surface area contributed by atoms with Crippen LogP contribution in [0, 0.1) is 11.7 Å². The summed E-state index contributed by atoms with van der Waals surface area (Å²) in [5.41, 5.74) is 6.49. The predicted octanol–water partition coefficient (Wildman–Crippen LogP) is 2.45. The van der Waals surface area contributed by atoms with E-state index in [1.54, 1.807) is 29.4 Å². The van der Waals surface area contributed by atoms with Gasteiger partial charge in [0, 0.05) is 13.1 Å². The number of nitrogens with zero attached hydrogens (tertiary/aromatic N) is 3. The Morgan fingerprint density at radius 3 is 2.85 bits per heavy atom. The summed E-state index contributed by atoms with van der Waals surface area (Å²) >= 11 is 0. The van der Waals surface area contributed by atoms with Crippen molar-refractivity contribution in [2.45, 2.75) is 25.7 Å². The zero-order valence-electron chi connectivity index (χ0n) is 14.6. The highest BCUT2D eigenvalue weighted by Crippen LogP contribution is 2.22. The number of anilines is 1. The van der Waals surface area contributed by atoms with Gasteiger partial charge in [-0.05, 0) is 43.7 Å². The summed E-state index contributed by atoms with van der Waals surface area (Å²) in [7, 11) is 0. The van der Waals surface area contributed by atoms with Crippen LogP contribution in [0.1, 0.15) is 25.0 Å². The van der Waals surface area contributed by atoms with E-state index in [0.29, 0.717) is 24.8 Å². The summed E-state index contributed by atoms with van der Waals surface area (Å²) in [6, 6.07) is 6.11. The molecule has 1 fully saturated rings. The molecule has 1 saturated heterocycles. The van der Waals surface area contributed by atoms with E-state index >= 15 is 0 Å². The lowest BCUT2D eigenvalue weighted by atomic mass is 9.95. The smallest absolute Gasteiger partial charge is 0.260 e. The highest BCUT2D eigenvalue weighted by molar-refractivity contribution is 5.77. The number of rotatable bonds is 5. The van der Waals surface area contributed by atoms with E-state index in [4.69, 9.17) is 10.5 Å². The molecule has 1 amide bonds. The molecule has 0 spiro atoms. The van der Waals surface area contributed by atoms with Gasteiger partial charge in [-0.1, -0.05) is 12.1 Å². The maximum atomic E-state index is 13.6. The van der Waals surface area contributed by atoms with Gasteiger partial charge in [0.1, 0.15) is 5.82 Å². The van der Waals surface area contributed by atoms with Crippen molar-refractivity contribution >= 4 is 11.7 Å². The van der Waals surface area contributed by atoms with Gasteiger partial charge >= 0.3 is 0 Å². The van der Waals surface area contributed by atoms with Crippen molar-refractivity contribution in [1.29, 1.82) is 0 Å². The Hall–Kier alpha value is -2.70. The Labute approximate surface area is 152 Å². The number of nitrogen functional groups attached to an aromatic ring is 1. The summed E-state index contributed by atoms with van der Waals surface area (Å²) < 4.78 is 18.9. The fraction of sp³-hybridized carbons (Fsp3) is 0.421. The van der Waals surface area contributed by atoms with Crippen molar-refractivity contribution in [2.75, 3.05) is 25.4 Å². The minimum atomic E-state index is -0.458. The second-order valence-corrected chi connectivity index (χ2v) is 6.53. The highest BCUT2D eigenvalue weighted by Gasteiger charge is 2.21. The van der Waals surface area contributed by atoms with Gasteiger partial charge in [0.15, 0.2) is 18.2 Å². The summed E-state index contributed by atoms with van der Waals surface area (Å²) in [6.07, 6.45) is 6.98.